The Labute approximate surface area is 109 Å². The number of nitrogen functional groups attached to an aromatic ring is 1. The number of hydrogen-bond acceptors (Lipinski definition) is 3. The van der Waals surface area contributed by atoms with Gasteiger partial charge < -0.3 is 16.4 Å². The minimum Gasteiger partial charge on any atom is -0.399 e. The molecule has 1 atom stereocenters. The average Bonchev–Trinajstić information content (AvgIpc) is 2.30. The Morgan fingerprint density at radius 2 is 2.00 bits per heavy atom. The molecule has 0 saturated carbocycles. The Bertz CT molecular complexity index is 416. The highest BCUT2D eigenvalue weighted by molar-refractivity contribution is 5.84. The Morgan fingerprint density at radius 3 is 2.61 bits per heavy atom. The van der Waals surface area contributed by atoms with Crippen LogP contribution in [0.15, 0.2) is 18.2 Å². The van der Waals surface area contributed by atoms with Crippen molar-refractivity contribution < 1.29 is 4.79 Å². The second-order valence-corrected chi connectivity index (χ2v) is 5.08. The normalized spacial score (nSPS) is 12.3. The van der Waals surface area contributed by atoms with Crippen LogP contribution in [0.3, 0.4) is 0 Å². The molecule has 0 saturated heterocycles. The van der Waals surface area contributed by atoms with Gasteiger partial charge >= 0.3 is 0 Å². The van der Waals surface area contributed by atoms with Crippen LogP contribution < -0.4 is 16.4 Å². The summed E-state index contributed by atoms with van der Waals surface area (Å²) in [5, 5.41) is 6.09. The first-order valence-corrected chi connectivity index (χ1v) is 6.30. The molecule has 100 valence electrons. The van der Waals surface area contributed by atoms with Gasteiger partial charge in [-0.25, -0.2) is 0 Å². The van der Waals surface area contributed by atoms with E-state index in [2.05, 4.69) is 24.5 Å². The lowest BCUT2D eigenvalue weighted by Crippen LogP contribution is -2.39. The lowest BCUT2D eigenvalue weighted by Gasteiger charge is -2.18. The zero-order chi connectivity index (χ0) is 13.7. The summed E-state index contributed by atoms with van der Waals surface area (Å²) in [7, 11) is 0. The molecule has 1 unspecified atom stereocenters. The number of anilines is 2. The molecule has 0 spiro atoms. The van der Waals surface area contributed by atoms with Gasteiger partial charge in [0.2, 0.25) is 5.91 Å². The van der Waals surface area contributed by atoms with E-state index in [9.17, 15) is 4.79 Å². The molecule has 1 amide bonds. The van der Waals surface area contributed by atoms with Crippen molar-refractivity contribution in [3.8, 4) is 0 Å². The topological polar surface area (TPSA) is 67.1 Å². The lowest BCUT2D eigenvalue weighted by atomic mass is 10.1. The van der Waals surface area contributed by atoms with Crippen LogP contribution in [0.2, 0.25) is 0 Å². The van der Waals surface area contributed by atoms with Crippen molar-refractivity contribution in [2.45, 2.75) is 33.7 Å². The number of aryl methyl sites for hydroxylation is 1. The predicted octanol–water partition coefficient (Wildman–Crippen LogP) is 2.15. The second-order valence-electron chi connectivity index (χ2n) is 5.08. The number of rotatable bonds is 5. The Kier molecular flexibility index (Phi) is 5.01. The van der Waals surface area contributed by atoms with Crippen LogP contribution >= 0.6 is 0 Å². The summed E-state index contributed by atoms with van der Waals surface area (Å²) < 4.78 is 0. The standard InChI is InChI=1S/C14H23N3O/c1-9(2)8-16-14(18)11(4)17-13-7-12(15)6-5-10(13)3/h5-7,9,11,17H,8,15H2,1-4H3,(H,16,18). The highest BCUT2D eigenvalue weighted by Crippen LogP contribution is 2.18. The molecule has 1 rings (SSSR count). The zero-order valence-corrected chi connectivity index (χ0v) is 11.6. The highest BCUT2D eigenvalue weighted by Gasteiger charge is 2.13. The van der Waals surface area contributed by atoms with E-state index < -0.39 is 0 Å². The first kappa shape index (κ1) is 14.4. The number of nitrogens with two attached hydrogens (primary N) is 1. The number of carbonyl (C=O) groups is 1. The maximum atomic E-state index is 11.8. The molecule has 0 bridgehead atoms. The fourth-order valence-electron chi connectivity index (χ4n) is 1.55. The molecule has 1 aromatic carbocycles. The minimum atomic E-state index is -0.274. The monoisotopic (exact) mass is 249 g/mol. The molecule has 4 nitrogen and oxygen atoms in total. The Balaban J connectivity index is 2.60. The third-order valence-electron chi connectivity index (χ3n) is 2.71. The Morgan fingerprint density at radius 1 is 1.33 bits per heavy atom. The van der Waals surface area contributed by atoms with E-state index in [1.807, 2.05) is 32.0 Å². The van der Waals surface area contributed by atoms with Crippen LogP contribution in [0, 0.1) is 12.8 Å². The van der Waals surface area contributed by atoms with Gasteiger partial charge in [-0.3, -0.25) is 4.79 Å². The summed E-state index contributed by atoms with van der Waals surface area (Å²) in [5.74, 6) is 0.459. The van der Waals surface area contributed by atoms with E-state index in [4.69, 9.17) is 5.73 Å². The van der Waals surface area contributed by atoms with Crippen LogP contribution in [-0.4, -0.2) is 18.5 Å². The molecule has 18 heavy (non-hydrogen) atoms. The van der Waals surface area contributed by atoms with Crippen LogP contribution in [-0.2, 0) is 4.79 Å². The fourth-order valence-corrected chi connectivity index (χ4v) is 1.55. The molecular weight excluding hydrogens is 226 g/mol. The molecule has 0 radical (unpaired) electrons. The third kappa shape index (κ3) is 4.28. The predicted molar refractivity (Wildman–Crippen MR) is 76.5 cm³/mol. The van der Waals surface area contributed by atoms with Gasteiger partial charge in [-0.15, -0.1) is 0 Å². The number of hydrogen-bond donors (Lipinski definition) is 3. The summed E-state index contributed by atoms with van der Waals surface area (Å²) in [6, 6.07) is 5.37. The largest absolute Gasteiger partial charge is 0.399 e. The minimum absolute atomic E-state index is 0.00512. The van der Waals surface area contributed by atoms with Gasteiger partial charge in [-0.2, -0.15) is 0 Å². The summed E-state index contributed by atoms with van der Waals surface area (Å²) in [5.41, 5.74) is 8.41. The molecule has 4 heteroatoms. The van der Waals surface area contributed by atoms with Crippen molar-refractivity contribution in [3.05, 3.63) is 23.8 Å². The molecule has 1 aromatic rings. The van der Waals surface area contributed by atoms with E-state index in [1.165, 1.54) is 0 Å². The van der Waals surface area contributed by atoms with Crippen molar-refractivity contribution in [2.75, 3.05) is 17.6 Å². The van der Waals surface area contributed by atoms with E-state index in [-0.39, 0.29) is 11.9 Å². The van der Waals surface area contributed by atoms with Crippen molar-refractivity contribution >= 4 is 17.3 Å². The maximum Gasteiger partial charge on any atom is 0.242 e. The van der Waals surface area contributed by atoms with Gasteiger partial charge in [-0.05, 0) is 37.5 Å². The van der Waals surface area contributed by atoms with Crippen molar-refractivity contribution in [2.24, 2.45) is 5.92 Å². The summed E-state index contributed by atoms with van der Waals surface area (Å²) in [6.07, 6.45) is 0. The molecule has 0 aliphatic carbocycles. The first-order valence-electron chi connectivity index (χ1n) is 6.30. The molecule has 0 aliphatic rings. The fraction of sp³-hybridized carbons (Fsp3) is 0.500. The lowest BCUT2D eigenvalue weighted by molar-refractivity contribution is -0.121. The van der Waals surface area contributed by atoms with E-state index in [0.717, 1.165) is 11.3 Å². The van der Waals surface area contributed by atoms with Gasteiger partial charge in [0.1, 0.15) is 6.04 Å². The van der Waals surface area contributed by atoms with Gasteiger partial charge in [0.05, 0.1) is 0 Å². The van der Waals surface area contributed by atoms with Crippen molar-refractivity contribution in [1.82, 2.24) is 5.32 Å². The molecule has 4 N–H and O–H groups in total. The van der Waals surface area contributed by atoms with Crippen LogP contribution in [0.4, 0.5) is 11.4 Å². The van der Waals surface area contributed by atoms with Gasteiger partial charge in [0.15, 0.2) is 0 Å². The maximum absolute atomic E-state index is 11.8. The van der Waals surface area contributed by atoms with Crippen molar-refractivity contribution in [1.29, 1.82) is 0 Å². The second kappa shape index (κ2) is 6.28. The molecule has 0 aromatic heterocycles. The molecule has 0 heterocycles. The average molecular weight is 249 g/mol. The smallest absolute Gasteiger partial charge is 0.242 e. The summed E-state index contributed by atoms with van der Waals surface area (Å²) in [6.45, 7) is 8.67. The number of carbonyl (C=O) groups excluding carboxylic acids is 1. The molecular formula is C14H23N3O. The van der Waals surface area contributed by atoms with E-state index >= 15 is 0 Å². The van der Waals surface area contributed by atoms with Crippen LogP contribution in [0.25, 0.3) is 0 Å². The van der Waals surface area contributed by atoms with Crippen LogP contribution in [0.1, 0.15) is 26.3 Å². The zero-order valence-electron chi connectivity index (χ0n) is 11.6. The Hall–Kier alpha value is -1.71. The summed E-state index contributed by atoms with van der Waals surface area (Å²) in [4.78, 5) is 11.8. The third-order valence-corrected chi connectivity index (χ3v) is 2.71. The first-order chi connectivity index (χ1) is 8.40. The number of nitrogens with one attached hydrogen (secondary N) is 2. The van der Waals surface area contributed by atoms with Crippen LogP contribution in [0.5, 0.6) is 0 Å². The number of amides is 1. The van der Waals surface area contributed by atoms with E-state index in [1.54, 1.807) is 0 Å². The molecule has 0 fully saturated rings. The van der Waals surface area contributed by atoms with E-state index in [0.29, 0.717) is 18.2 Å². The SMILES string of the molecule is Cc1ccc(N)cc1NC(C)C(=O)NCC(C)C. The highest BCUT2D eigenvalue weighted by atomic mass is 16.2. The summed E-state index contributed by atoms with van der Waals surface area (Å²) >= 11 is 0. The molecule has 0 aliphatic heterocycles. The quantitative estimate of drug-likeness (QED) is 0.700. The number of benzene rings is 1. The van der Waals surface area contributed by atoms with Gasteiger partial charge in [-0.1, -0.05) is 19.9 Å². The van der Waals surface area contributed by atoms with Gasteiger partial charge in [0, 0.05) is 17.9 Å². The van der Waals surface area contributed by atoms with Gasteiger partial charge in [0.25, 0.3) is 0 Å². The van der Waals surface area contributed by atoms with Crippen molar-refractivity contribution in [3.63, 3.8) is 0 Å².